The molecule has 1 aromatic carbocycles. The highest BCUT2D eigenvalue weighted by molar-refractivity contribution is 9.10. The second-order valence-electron chi connectivity index (χ2n) is 4.98. The van der Waals surface area contributed by atoms with Crippen LogP contribution in [0.25, 0.3) is 0 Å². The summed E-state index contributed by atoms with van der Waals surface area (Å²) < 4.78 is 3.47. The van der Waals surface area contributed by atoms with Gasteiger partial charge in [0.25, 0.3) is 0 Å². The fraction of sp³-hybridized carbons (Fsp3) is 0.375. The molecule has 0 fully saturated rings. The summed E-state index contributed by atoms with van der Waals surface area (Å²) in [6.07, 6.45) is 0. The number of rotatable bonds is 4. The number of aryl methyl sites for hydroxylation is 2. The molecule has 1 N–H and O–H groups in total. The van der Waals surface area contributed by atoms with Gasteiger partial charge in [-0.05, 0) is 73.0 Å². The Balaban J connectivity index is 2.14. The van der Waals surface area contributed by atoms with Gasteiger partial charge in [-0.1, -0.05) is 6.07 Å². The monoisotopic (exact) mass is 320 g/mol. The van der Waals surface area contributed by atoms with Crippen molar-refractivity contribution in [3.63, 3.8) is 0 Å². The molecule has 1 aromatic heterocycles. The molecule has 0 aliphatic rings. The molecule has 3 heteroatoms. The zero-order chi connectivity index (χ0) is 14.0. The van der Waals surface area contributed by atoms with Crippen LogP contribution in [0.4, 0.5) is 5.69 Å². The van der Waals surface area contributed by atoms with Gasteiger partial charge in [0.05, 0.1) is 0 Å². The Morgan fingerprint density at radius 2 is 1.89 bits per heavy atom. The number of hydrogen-bond donors (Lipinski definition) is 1. The first-order valence-electron chi connectivity index (χ1n) is 6.68. The molecule has 102 valence electrons. The second-order valence-corrected chi connectivity index (χ2v) is 5.83. The molecule has 2 nitrogen and oxygen atoms in total. The number of nitrogens with one attached hydrogen (secondary N) is 1. The Morgan fingerprint density at radius 3 is 2.47 bits per heavy atom. The van der Waals surface area contributed by atoms with Gasteiger partial charge in [0, 0.05) is 34.6 Å². The molecule has 0 saturated heterocycles. The van der Waals surface area contributed by atoms with Crippen LogP contribution in [0.1, 0.15) is 29.4 Å². The number of anilines is 1. The van der Waals surface area contributed by atoms with Gasteiger partial charge in [-0.25, -0.2) is 0 Å². The Kier molecular flexibility index (Phi) is 4.35. The number of nitrogens with zero attached hydrogens (tertiary/aromatic N) is 1. The van der Waals surface area contributed by atoms with Crippen molar-refractivity contribution in [3.05, 3.63) is 51.3 Å². The predicted molar refractivity (Wildman–Crippen MR) is 85.8 cm³/mol. The number of halogens is 1. The van der Waals surface area contributed by atoms with E-state index in [0.29, 0.717) is 0 Å². The fourth-order valence-electron chi connectivity index (χ4n) is 2.49. The molecule has 2 aromatic rings. The van der Waals surface area contributed by atoms with E-state index in [1.807, 2.05) is 0 Å². The predicted octanol–water partition coefficient (Wildman–Crippen LogP) is 4.81. The molecule has 0 atom stereocenters. The molecular weight excluding hydrogens is 300 g/mol. The van der Waals surface area contributed by atoms with Crippen LogP contribution in [0.15, 0.2) is 28.7 Å². The summed E-state index contributed by atoms with van der Waals surface area (Å²) in [5.74, 6) is 0. The summed E-state index contributed by atoms with van der Waals surface area (Å²) in [5.41, 5.74) is 6.47. The van der Waals surface area contributed by atoms with Crippen molar-refractivity contribution in [1.82, 2.24) is 4.57 Å². The smallest absolute Gasteiger partial charge is 0.0487 e. The molecule has 0 bridgehead atoms. The van der Waals surface area contributed by atoms with Crippen LogP contribution in [0.5, 0.6) is 0 Å². The maximum atomic E-state index is 3.60. The summed E-state index contributed by atoms with van der Waals surface area (Å²) in [4.78, 5) is 0. The zero-order valence-corrected chi connectivity index (χ0v) is 13.6. The van der Waals surface area contributed by atoms with Gasteiger partial charge in [-0.2, -0.15) is 0 Å². The average Bonchev–Trinajstić information content (AvgIpc) is 2.63. The number of hydrogen-bond acceptors (Lipinski definition) is 1. The Hall–Kier alpha value is -1.22. The average molecular weight is 321 g/mol. The Labute approximate surface area is 124 Å². The quantitative estimate of drug-likeness (QED) is 0.855. The first-order chi connectivity index (χ1) is 9.02. The van der Waals surface area contributed by atoms with Gasteiger partial charge in [-0.3, -0.25) is 0 Å². The van der Waals surface area contributed by atoms with Crippen LogP contribution in [0.3, 0.4) is 0 Å². The minimum Gasteiger partial charge on any atom is -0.380 e. The van der Waals surface area contributed by atoms with E-state index in [2.05, 4.69) is 77.8 Å². The first-order valence-corrected chi connectivity index (χ1v) is 7.48. The van der Waals surface area contributed by atoms with E-state index in [-0.39, 0.29) is 0 Å². The zero-order valence-electron chi connectivity index (χ0n) is 12.0. The highest BCUT2D eigenvalue weighted by atomic mass is 79.9. The molecule has 0 amide bonds. The van der Waals surface area contributed by atoms with Gasteiger partial charge >= 0.3 is 0 Å². The van der Waals surface area contributed by atoms with Gasteiger partial charge in [-0.15, -0.1) is 0 Å². The van der Waals surface area contributed by atoms with Crippen molar-refractivity contribution in [1.29, 1.82) is 0 Å². The van der Waals surface area contributed by atoms with E-state index < -0.39 is 0 Å². The van der Waals surface area contributed by atoms with Crippen molar-refractivity contribution in [2.24, 2.45) is 0 Å². The van der Waals surface area contributed by atoms with Crippen molar-refractivity contribution >= 4 is 21.6 Å². The topological polar surface area (TPSA) is 17.0 Å². The minimum atomic E-state index is 0.862. The van der Waals surface area contributed by atoms with Crippen molar-refractivity contribution in [2.45, 2.75) is 40.8 Å². The maximum Gasteiger partial charge on any atom is 0.0487 e. The number of benzene rings is 1. The van der Waals surface area contributed by atoms with Crippen LogP contribution >= 0.6 is 15.9 Å². The normalized spacial score (nSPS) is 10.8. The lowest BCUT2D eigenvalue weighted by Crippen LogP contribution is -2.03. The lowest BCUT2D eigenvalue weighted by molar-refractivity contribution is 0.715. The molecule has 0 radical (unpaired) electrons. The van der Waals surface area contributed by atoms with Crippen molar-refractivity contribution in [3.8, 4) is 0 Å². The van der Waals surface area contributed by atoms with Crippen LogP contribution in [-0.4, -0.2) is 4.57 Å². The number of aromatic nitrogens is 1. The SMILES string of the molecule is CCn1c(C)cc(CNc2ccc(C)cc2Br)c1C. The van der Waals surface area contributed by atoms with Crippen molar-refractivity contribution in [2.75, 3.05) is 5.32 Å². The molecule has 0 spiro atoms. The molecule has 0 unspecified atom stereocenters. The van der Waals surface area contributed by atoms with E-state index >= 15 is 0 Å². The lowest BCUT2D eigenvalue weighted by atomic mass is 10.2. The fourth-order valence-corrected chi connectivity index (χ4v) is 3.13. The molecule has 0 saturated carbocycles. The third kappa shape index (κ3) is 3.03. The van der Waals surface area contributed by atoms with E-state index in [9.17, 15) is 0 Å². The third-order valence-electron chi connectivity index (χ3n) is 3.59. The Morgan fingerprint density at radius 1 is 1.16 bits per heavy atom. The molecule has 2 rings (SSSR count). The minimum absolute atomic E-state index is 0.862. The molecule has 19 heavy (non-hydrogen) atoms. The van der Waals surface area contributed by atoms with E-state index in [1.165, 1.54) is 22.5 Å². The second kappa shape index (κ2) is 5.83. The van der Waals surface area contributed by atoms with E-state index in [1.54, 1.807) is 0 Å². The van der Waals surface area contributed by atoms with Crippen LogP contribution in [0.2, 0.25) is 0 Å². The maximum absolute atomic E-state index is 3.60. The molecule has 0 aliphatic carbocycles. The summed E-state index contributed by atoms with van der Waals surface area (Å²) >= 11 is 3.60. The standard InChI is InChI=1S/C16H21BrN2/c1-5-19-12(3)9-14(13(19)4)10-18-16-7-6-11(2)8-15(16)17/h6-9,18H,5,10H2,1-4H3. The largest absolute Gasteiger partial charge is 0.380 e. The molecular formula is C16H21BrN2. The third-order valence-corrected chi connectivity index (χ3v) is 4.24. The van der Waals surface area contributed by atoms with Gasteiger partial charge in [0.1, 0.15) is 0 Å². The van der Waals surface area contributed by atoms with Crippen molar-refractivity contribution < 1.29 is 0 Å². The summed E-state index contributed by atoms with van der Waals surface area (Å²) in [5, 5.41) is 3.50. The van der Waals surface area contributed by atoms with Crippen LogP contribution < -0.4 is 5.32 Å². The van der Waals surface area contributed by atoms with Crippen LogP contribution in [-0.2, 0) is 13.1 Å². The lowest BCUT2D eigenvalue weighted by Gasteiger charge is -2.10. The highest BCUT2D eigenvalue weighted by Gasteiger charge is 2.08. The van der Waals surface area contributed by atoms with Gasteiger partial charge < -0.3 is 9.88 Å². The molecule has 1 heterocycles. The van der Waals surface area contributed by atoms with Gasteiger partial charge in [0.15, 0.2) is 0 Å². The Bertz CT molecular complexity index is 585. The summed E-state index contributed by atoms with van der Waals surface area (Å²) in [7, 11) is 0. The molecule has 0 aliphatic heterocycles. The van der Waals surface area contributed by atoms with E-state index in [4.69, 9.17) is 0 Å². The van der Waals surface area contributed by atoms with Gasteiger partial charge in [0.2, 0.25) is 0 Å². The highest BCUT2D eigenvalue weighted by Crippen LogP contribution is 2.24. The van der Waals surface area contributed by atoms with Crippen LogP contribution in [0, 0.1) is 20.8 Å². The summed E-state index contributed by atoms with van der Waals surface area (Å²) in [6.45, 7) is 10.5. The van der Waals surface area contributed by atoms with E-state index in [0.717, 1.165) is 23.2 Å². The summed E-state index contributed by atoms with van der Waals surface area (Å²) in [6, 6.07) is 8.66. The first kappa shape index (κ1) is 14.2.